The normalized spacial score (nSPS) is 34.4. The molecule has 0 heterocycles. The molecule has 0 aliphatic heterocycles. The van der Waals surface area contributed by atoms with Crippen molar-refractivity contribution in [1.29, 1.82) is 0 Å². The van der Waals surface area contributed by atoms with Gasteiger partial charge in [-0.2, -0.15) is 0 Å². The molecular weight excluding hydrogens is 229 g/mol. The van der Waals surface area contributed by atoms with Crippen LogP contribution in [0.15, 0.2) is 0 Å². The average molecular weight is 242 g/mol. The number of methoxy groups -OCH3 is 1. The van der Waals surface area contributed by atoms with Gasteiger partial charge >= 0.3 is 66.6 Å². The van der Waals surface area contributed by atoms with Gasteiger partial charge in [0.2, 0.25) is 0 Å². The van der Waals surface area contributed by atoms with Crippen molar-refractivity contribution in [3.8, 4) is 0 Å². The molecule has 2 atom stereocenters. The monoisotopic (exact) mass is 242 g/mol. The summed E-state index contributed by atoms with van der Waals surface area (Å²) in [4.78, 5) is 0. The van der Waals surface area contributed by atoms with Gasteiger partial charge in [0.15, 0.2) is 0 Å². The molecule has 2 nitrogen and oxygen atoms in total. The van der Waals surface area contributed by atoms with E-state index in [-0.39, 0.29) is 21.5 Å². The molecule has 0 amide bonds. The van der Waals surface area contributed by atoms with E-state index in [4.69, 9.17) is 8.68 Å². The third-order valence-electron chi connectivity index (χ3n) is 1.94. The standard InChI is InChI=1S/C6H13INO/c1-9-6-3-2-5(6)4-7-8/h5-6H,2-4,8H2,1H3/q-1/t5-,6+/m1/s1. The molecule has 56 valence electrons. The summed E-state index contributed by atoms with van der Waals surface area (Å²) in [5.41, 5.74) is 0. The number of hydrogen-bond donors (Lipinski definition) is 1. The Morgan fingerprint density at radius 3 is 2.78 bits per heavy atom. The Morgan fingerprint density at radius 1 is 1.67 bits per heavy atom. The zero-order valence-corrected chi connectivity index (χ0v) is 7.80. The molecule has 0 aromatic heterocycles. The van der Waals surface area contributed by atoms with Crippen LogP contribution in [0.1, 0.15) is 12.8 Å². The van der Waals surface area contributed by atoms with Gasteiger partial charge in [-0.05, 0) is 0 Å². The van der Waals surface area contributed by atoms with E-state index in [9.17, 15) is 0 Å². The molecule has 0 saturated heterocycles. The number of halogens is 1. The van der Waals surface area contributed by atoms with Gasteiger partial charge < -0.3 is 0 Å². The summed E-state index contributed by atoms with van der Waals surface area (Å²) < 4.78 is 12.0. The summed E-state index contributed by atoms with van der Waals surface area (Å²) in [5, 5.41) is 0. The van der Waals surface area contributed by atoms with Gasteiger partial charge in [-0.15, -0.1) is 0 Å². The fourth-order valence-electron chi connectivity index (χ4n) is 1.14. The molecule has 1 fully saturated rings. The first kappa shape index (κ1) is 7.75. The van der Waals surface area contributed by atoms with Gasteiger partial charge in [-0.1, -0.05) is 0 Å². The molecule has 9 heavy (non-hydrogen) atoms. The maximum atomic E-state index is 5.51. The van der Waals surface area contributed by atoms with Crippen LogP contribution < -0.4 is 25.4 Å². The Balaban J connectivity index is 2.11. The van der Waals surface area contributed by atoms with Gasteiger partial charge in [-0.3, -0.25) is 0 Å². The van der Waals surface area contributed by atoms with Crippen molar-refractivity contribution in [3.63, 3.8) is 0 Å². The van der Waals surface area contributed by atoms with Crippen molar-refractivity contribution in [3.05, 3.63) is 0 Å². The van der Waals surface area contributed by atoms with Crippen molar-refractivity contribution in [1.82, 2.24) is 0 Å². The minimum absolute atomic E-state index is 0.00126. The van der Waals surface area contributed by atoms with Crippen molar-refractivity contribution < 1.29 is 26.2 Å². The van der Waals surface area contributed by atoms with E-state index in [1.54, 1.807) is 7.11 Å². The van der Waals surface area contributed by atoms with E-state index < -0.39 is 0 Å². The van der Waals surface area contributed by atoms with E-state index in [2.05, 4.69) is 0 Å². The summed E-state index contributed by atoms with van der Waals surface area (Å²) >= 11 is -0.00126. The van der Waals surface area contributed by atoms with Gasteiger partial charge in [0.25, 0.3) is 0 Å². The van der Waals surface area contributed by atoms with Crippen LogP contribution in [0.3, 0.4) is 0 Å². The van der Waals surface area contributed by atoms with E-state index in [1.165, 1.54) is 17.3 Å². The van der Waals surface area contributed by atoms with Crippen molar-refractivity contribution >= 4 is 0 Å². The van der Waals surface area contributed by atoms with Crippen LogP contribution in [-0.2, 0) is 4.74 Å². The Labute approximate surface area is 66.8 Å². The molecule has 0 radical (unpaired) electrons. The molecule has 2 N–H and O–H groups in total. The van der Waals surface area contributed by atoms with Crippen LogP contribution in [0.5, 0.6) is 0 Å². The molecule has 1 aliphatic rings. The molecule has 1 saturated carbocycles. The van der Waals surface area contributed by atoms with Gasteiger partial charge in [0, 0.05) is 0 Å². The molecule has 0 bridgehead atoms. The molecule has 0 spiro atoms. The van der Waals surface area contributed by atoms with E-state index in [0.29, 0.717) is 6.10 Å². The summed E-state index contributed by atoms with van der Waals surface area (Å²) in [7, 11) is 1.80. The zero-order valence-electron chi connectivity index (χ0n) is 5.64. The predicted molar refractivity (Wildman–Crippen MR) is 32.6 cm³/mol. The number of ether oxygens (including phenoxy) is 1. The Hall–Kier alpha value is 0.650. The van der Waals surface area contributed by atoms with Crippen molar-refractivity contribution in [2.45, 2.75) is 18.9 Å². The van der Waals surface area contributed by atoms with Crippen LogP contribution in [0.4, 0.5) is 0 Å². The number of rotatable bonds is 3. The van der Waals surface area contributed by atoms with Crippen LogP contribution in [0.2, 0.25) is 0 Å². The van der Waals surface area contributed by atoms with E-state index in [0.717, 1.165) is 5.92 Å². The number of nitrogens with two attached hydrogens (primary N) is 1. The number of alkyl halides is 1. The molecule has 1 rings (SSSR count). The van der Waals surface area contributed by atoms with Crippen LogP contribution in [-0.4, -0.2) is 17.6 Å². The van der Waals surface area contributed by atoms with Gasteiger partial charge in [0.1, 0.15) is 0 Å². The summed E-state index contributed by atoms with van der Waals surface area (Å²) in [6, 6.07) is 0. The second-order valence-electron chi connectivity index (χ2n) is 2.42. The quantitative estimate of drug-likeness (QED) is 0.334. The fraction of sp³-hybridized carbons (Fsp3) is 1.00. The summed E-state index contributed by atoms with van der Waals surface area (Å²) in [5.74, 6) is 0.813. The SMILES string of the molecule is CO[C@H]1CC[C@@H]1C[I-]N. The summed E-state index contributed by atoms with van der Waals surface area (Å²) in [6.45, 7) is 0. The minimum atomic E-state index is -0.00126. The van der Waals surface area contributed by atoms with Crippen LogP contribution in [0, 0.1) is 5.92 Å². The van der Waals surface area contributed by atoms with Crippen LogP contribution >= 0.6 is 0 Å². The maximum absolute atomic E-state index is 5.51. The summed E-state index contributed by atoms with van der Waals surface area (Å²) in [6.07, 6.45) is 3.15. The predicted octanol–water partition coefficient (Wildman–Crippen LogP) is -2.63. The second-order valence-corrected chi connectivity index (χ2v) is 4.18. The number of hydrogen-bond acceptors (Lipinski definition) is 2. The Kier molecular flexibility index (Phi) is 3.21. The third kappa shape index (κ3) is 1.78. The molecule has 3 heteroatoms. The topological polar surface area (TPSA) is 35.2 Å². The zero-order chi connectivity index (χ0) is 6.69. The molecular formula is C6H13INO-. The van der Waals surface area contributed by atoms with Crippen LogP contribution in [0.25, 0.3) is 0 Å². The fourth-order valence-corrected chi connectivity index (χ4v) is 2.80. The molecule has 0 aromatic rings. The van der Waals surface area contributed by atoms with E-state index in [1.807, 2.05) is 0 Å². The molecule has 0 aromatic carbocycles. The second kappa shape index (κ2) is 3.73. The third-order valence-corrected chi connectivity index (χ3v) is 3.58. The first-order valence-electron chi connectivity index (χ1n) is 3.19. The molecule has 1 aliphatic carbocycles. The first-order chi connectivity index (χ1) is 4.38. The molecule has 0 unspecified atom stereocenters. The Morgan fingerprint density at radius 2 is 2.44 bits per heavy atom. The van der Waals surface area contributed by atoms with Gasteiger partial charge in [0.05, 0.1) is 0 Å². The van der Waals surface area contributed by atoms with E-state index >= 15 is 0 Å². The first-order valence-corrected chi connectivity index (χ1v) is 5.96. The van der Waals surface area contributed by atoms with Crippen molar-refractivity contribution in [2.75, 3.05) is 11.5 Å². The average Bonchev–Trinajstić information content (AvgIpc) is 1.82. The van der Waals surface area contributed by atoms with Gasteiger partial charge in [-0.25, -0.2) is 0 Å². The van der Waals surface area contributed by atoms with Crippen molar-refractivity contribution in [2.24, 2.45) is 9.86 Å². The Bertz CT molecular complexity index is 87.1.